The van der Waals surface area contributed by atoms with E-state index in [9.17, 15) is 5.11 Å². The highest BCUT2D eigenvalue weighted by Gasteiger charge is 2.44. The molecule has 0 saturated carbocycles. The van der Waals surface area contributed by atoms with E-state index in [1.807, 2.05) is 11.8 Å². The van der Waals surface area contributed by atoms with Gasteiger partial charge in [0.15, 0.2) is 0 Å². The Morgan fingerprint density at radius 1 is 1.38 bits per heavy atom. The van der Waals surface area contributed by atoms with Crippen LogP contribution in [-0.4, -0.2) is 34.8 Å². The van der Waals surface area contributed by atoms with E-state index in [0.29, 0.717) is 12.0 Å². The first-order valence-electron chi connectivity index (χ1n) is 5.27. The molecule has 0 amide bonds. The van der Waals surface area contributed by atoms with Gasteiger partial charge in [-0.05, 0) is 50.2 Å². The Morgan fingerprint density at radius 3 is 2.62 bits per heavy atom. The number of rotatable bonds is 1. The molecule has 0 aromatic carbocycles. The second kappa shape index (κ2) is 3.79. The average molecular weight is 201 g/mol. The normalized spacial score (nSPS) is 42.5. The highest BCUT2D eigenvalue weighted by atomic mass is 32.2. The Labute approximate surface area is 84.5 Å². The Morgan fingerprint density at radius 2 is 2.08 bits per heavy atom. The molecular formula is C10H19NOS. The Kier molecular flexibility index (Phi) is 2.86. The summed E-state index contributed by atoms with van der Waals surface area (Å²) in [6, 6.07) is 0.292. The fourth-order valence-electron chi connectivity index (χ4n) is 2.64. The number of nitrogens with one attached hydrogen (secondary N) is 1. The van der Waals surface area contributed by atoms with E-state index in [0.717, 1.165) is 13.0 Å². The predicted octanol–water partition coefficient (Wildman–Crippen LogP) is 1.24. The van der Waals surface area contributed by atoms with Gasteiger partial charge in [-0.1, -0.05) is 0 Å². The summed E-state index contributed by atoms with van der Waals surface area (Å²) >= 11 is 2.03. The number of hydrogen-bond donors (Lipinski definition) is 2. The molecule has 0 aliphatic carbocycles. The zero-order chi connectivity index (χ0) is 9.31. The third-order valence-electron chi connectivity index (χ3n) is 3.65. The molecule has 2 aliphatic rings. The van der Waals surface area contributed by atoms with Gasteiger partial charge in [-0.15, -0.1) is 0 Å². The molecule has 2 atom stereocenters. The van der Waals surface area contributed by atoms with Crippen LogP contribution in [0.15, 0.2) is 0 Å². The zero-order valence-corrected chi connectivity index (χ0v) is 9.07. The molecule has 13 heavy (non-hydrogen) atoms. The summed E-state index contributed by atoms with van der Waals surface area (Å²) in [4.78, 5) is 0. The van der Waals surface area contributed by atoms with Gasteiger partial charge in [-0.2, -0.15) is 11.8 Å². The van der Waals surface area contributed by atoms with Crippen LogP contribution in [0.25, 0.3) is 0 Å². The molecule has 2 N–H and O–H groups in total. The number of hydrogen-bond acceptors (Lipinski definition) is 3. The van der Waals surface area contributed by atoms with Crippen LogP contribution >= 0.6 is 11.8 Å². The Hall–Kier alpha value is 0.270. The van der Waals surface area contributed by atoms with Crippen molar-refractivity contribution in [2.45, 2.75) is 37.8 Å². The van der Waals surface area contributed by atoms with Crippen LogP contribution < -0.4 is 5.32 Å². The number of thioether (sulfide) groups is 1. The molecule has 2 saturated heterocycles. The molecule has 2 aliphatic heterocycles. The van der Waals surface area contributed by atoms with E-state index >= 15 is 0 Å². The standard InChI is InChI=1S/C10H19NOS/c1-8-10(12,4-5-11-8)9-2-6-13-7-3-9/h8-9,11-12H,2-7H2,1H3. The zero-order valence-electron chi connectivity index (χ0n) is 8.25. The third kappa shape index (κ3) is 1.74. The molecule has 2 unspecified atom stereocenters. The van der Waals surface area contributed by atoms with Crippen LogP contribution in [0.3, 0.4) is 0 Å². The maximum atomic E-state index is 10.5. The van der Waals surface area contributed by atoms with Crippen LogP contribution in [-0.2, 0) is 0 Å². The van der Waals surface area contributed by atoms with Gasteiger partial charge in [0.25, 0.3) is 0 Å². The van der Waals surface area contributed by atoms with E-state index < -0.39 is 5.60 Å². The van der Waals surface area contributed by atoms with Crippen molar-refractivity contribution < 1.29 is 5.11 Å². The van der Waals surface area contributed by atoms with Crippen molar-refractivity contribution in [2.24, 2.45) is 5.92 Å². The monoisotopic (exact) mass is 201 g/mol. The molecule has 2 rings (SSSR count). The molecule has 2 nitrogen and oxygen atoms in total. The lowest BCUT2D eigenvalue weighted by Gasteiger charge is -2.38. The molecule has 0 spiro atoms. The molecule has 2 fully saturated rings. The molecule has 2 heterocycles. The van der Waals surface area contributed by atoms with Gasteiger partial charge in [-0.3, -0.25) is 0 Å². The SMILES string of the molecule is CC1NCCC1(O)C1CCSCC1. The van der Waals surface area contributed by atoms with Crippen LogP contribution in [0.2, 0.25) is 0 Å². The smallest absolute Gasteiger partial charge is 0.0837 e. The van der Waals surface area contributed by atoms with Crippen molar-refractivity contribution in [1.29, 1.82) is 0 Å². The van der Waals surface area contributed by atoms with Crippen LogP contribution in [0.4, 0.5) is 0 Å². The molecular weight excluding hydrogens is 182 g/mol. The molecule has 0 radical (unpaired) electrons. The highest BCUT2D eigenvalue weighted by molar-refractivity contribution is 7.99. The summed E-state index contributed by atoms with van der Waals surface area (Å²) in [5.74, 6) is 3.01. The summed E-state index contributed by atoms with van der Waals surface area (Å²) in [5.41, 5.74) is -0.402. The van der Waals surface area contributed by atoms with Gasteiger partial charge in [-0.25, -0.2) is 0 Å². The second-order valence-corrected chi connectivity index (χ2v) is 5.53. The summed E-state index contributed by atoms with van der Waals surface area (Å²) in [5, 5.41) is 13.9. The summed E-state index contributed by atoms with van der Waals surface area (Å²) in [7, 11) is 0. The average Bonchev–Trinajstić information content (AvgIpc) is 2.50. The van der Waals surface area contributed by atoms with E-state index in [1.54, 1.807) is 0 Å². The van der Waals surface area contributed by atoms with Crippen LogP contribution in [0.5, 0.6) is 0 Å². The van der Waals surface area contributed by atoms with Crippen molar-refractivity contribution in [3.05, 3.63) is 0 Å². The molecule has 3 heteroatoms. The van der Waals surface area contributed by atoms with E-state index in [1.165, 1.54) is 24.3 Å². The van der Waals surface area contributed by atoms with Crippen molar-refractivity contribution in [2.75, 3.05) is 18.1 Å². The first kappa shape index (κ1) is 9.81. The highest BCUT2D eigenvalue weighted by Crippen LogP contribution is 2.37. The molecule has 0 aromatic rings. The van der Waals surface area contributed by atoms with Gasteiger partial charge in [0.05, 0.1) is 5.60 Å². The van der Waals surface area contributed by atoms with Gasteiger partial charge in [0.1, 0.15) is 0 Å². The summed E-state index contributed by atoms with van der Waals surface area (Å²) in [6.07, 6.45) is 3.35. The summed E-state index contributed by atoms with van der Waals surface area (Å²) < 4.78 is 0. The molecule has 0 aromatic heterocycles. The van der Waals surface area contributed by atoms with Gasteiger partial charge in [0.2, 0.25) is 0 Å². The lowest BCUT2D eigenvalue weighted by atomic mass is 9.78. The van der Waals surface area contributed by atoms with Gasteiger partial charge >= 0.3 is 0 Å². The number of aliphatic hydroxyl groups is 1. The minimum Gasteiger partial charge on any atom is -0.388 e. The minimum absolute atomic E-state index is 0.292. The third-order valence-corrected chi connectivity index (χ3v) is 4.70. The first-order chi connectivity index (χ1) is 6.23. The second-order valence-electron chi connectivity index (χ2n) is 4.30. The minimum atomic E-state index is -0.402. The van der Waals surface area contributed by atoms with E-state index in [-0.39, 0.29) is 0 Å². The largest absolute Gasteiger partial charge is 0.388 e. The summed E-state index contributed by atoms with van der Waals surface area (Å²) in [6.45, 7) is 3.11. The Balaban J connectivity index is 2.03. The van der Waals surface area contributed by atoms with Crippen molar-refractivity contribution in [1.82, 2.24) is 5.32 Å². The van der Waals surface area contributed by atoms with E-state index in [4.69, 9.17) is 0 Å². The first-order valence-corrected chi connectivity index (χ1v) is 6.42. The lowest BCUT2D eigenvalue weighted by molar-refractivity contribution is -0.0278. The fraction of sp³-hybridized carbons (Fsp3) is 1.00. The van der Waals surface area contributed by atoms with Crippen molar-refractivity contribution in [3.63, 3.8) is 0 Å². The van der Waals surface area contributed by atoms with Crippen molar-refractivity contribution >= 4 is 11.8 Å². The van der Waals surface area contributed by atoms with Crippen LogP contribution in [0, 0.1) is 5.92 Å². The maximum absolute atomic E-state index is 10.5. The van der Waals surface area contributed by atoms with Crippen molar-refractivity contribution in [3.8, 4) is 0 Å². The Bertz CT molecular complexity index is 182. The molecule has 0 bridgehead atoms. The fourth-order valence-corrected chi connectivity index (χ4v) is 3.74. The van der Waals surface area contributed by atoms with Crippen LogP contribution in [0.1, 0.15) is 26.2 Å². The van der Waals surface area contributed by atoms with E-state index in [2.05, 4.69) is 12.2 Å². The quantitative estimate of drug-likeness (QED) is 0.669. The molecule has 76 valence electrons. The maximum Gasteiger partial charge on any atom is 0.0837 e. The van der Waals surface area contributed by atoms with Gasteiger partial charge < -0.3 is 10.4 Å². The lowest BCUT2D eigenvalue weighted by Crippen LogP contribution is -2.48. The predicted molar refractivity (Wildman–Crippen MR) is 57.1 cm³/mol. The van der Waals surface area contributed by atoms with Gasteiger partial charge in [0, 0.05) is 6.04 Å². The topological polar surface area (TPSA) is 32.3 Å².